The van der Waals surface area contributed by atoms with Crippen molar-refractivity contribution in [2.24, 2.45) is 0 Å². The van der Waals surface area contributed by atoms with E-state index in [1.807, 2.05) is 42.8 Å². The average molecular weight is 294 g/mol. The van der Waals surface area contributed by atoms with Gasteiger partial charge in [0.15, 0.2) is 5.82 Å². The number of H-pyrrole nitrogens is 1. The number of fused-ring (bicyclic) bond motifs is 2. The summed E-state index contributed by atoms with van der Waals surface area (Å²) in [6, 6.07) is 3.81. The molecule has 1 N–H and O–H groups in total. The van der Waals surface area contributed by atoms with Gasteiger partial charge in [-0.05, 0) is 18.1 Å². The maximum Gasteiger partial charge on any atom is 0.277 e. The highest BCUT2D eigenvalue weighted by atomic mass is 16.1. The number of aromatic amines is 1. The highest BCUT2D eigenvalue weighted by Gasteiger charge is 2.13. The van der Waals surface area contributed by atoms with Crippen LogP contribution in [0, 0.1) is 0 Å². The Kier molecular flexibility index (Phi) is 2.62. The Bertz CT molecular complexity index is 1040. The fourth-order valence-electron chi connectivity index (χ4n) is 2.46. The minimum Gasteiger partial charge on any atom is -0.306 e. The minimum absolute atomic E-state index is 0.109. The summed E-state index contributed by atoms with van der Waals surface area (Å²) in [4.78, 5) is 25.3. The molecule has 0 aliphatic heterocycles. The predicted octanol–water partition coefficient (Wildman–Crippen LogP) is 1.86. The summed E-state index contributed by atoms with van der Waals surface area (Å²) >= 11 is 0. The number of pyridine rings is 1. The zero-order valence-electron chi connectivity index (χ0n) is 12.2. The van der Waals surface area contributed by atoms with Crippen molar-refractivity contribution in [2.75, 3.05) is 0 Å². The van der Waals surface area contributed by atoms with Crippen LogP contribution in [0.15, 0.2) is 41.7 Å². The molecule has 0 aliphatic carbocycles. The molecule has 22 heavy (non-hydrogen) atoms. The summed E-state index contributed by atoms with van der Waals surface area (Å²) in [6.45, 7) is 3.93. The van der Waals surface area contributed by atoms with Crippen molar-refractivity contribution in [3.05, 3.63) is 52.8 Å². The van der Waals surface area contributed by atoms with E-state index in [0.717, 1.165) is 11.2 Å². The number of rotatable bonds is 2. The second kappa shape index (κ2) is 4.52. The smallest absolute Gasteiger partial charge is 0.277 e. The zero-order valence-corrected chi connectivity index (χ0v) is 12.2. The summed E-state index contributed by atoms with van der Waals surface area (Å²) in [6.07, 6.45) is 7.11. The third-order valence-electron chi connectivity index (χ3n) is 3.68. The molecule has 0 amide bonds. The molecular formula is C15H14N6O. The first-order chi connectivity index (χ1) is 10.6. The molecule has 4 rings (SSSR count). The van der Waals surface area contributed by atoms with E-state index in [4.69, 9.17) is 0 Å². The van der Waals surface area contributed by atoms with Crippen LogP contribution in [-0.2, 0) is 0 Å². The van der Waals surface area contributed by atoms with Gasteiger partial charge in [-0.2, -0.15) is 9.50 Å². The average Bonchev–Trinajstić information content (AvgIpc) is 3.13. The molecule has 7 nitrogen and oxygen atoms in total. The van der Waals surface area contributed by atoms with Crippen LogP contribution >= 0.6 is 0 Å². The second-order valence-corrected chi connectivity index (χ2v) is 5.49. The second-order valence-electron chi connectivity index (χ2n) is 5.49. The van der Waals surface area contributed by atoms with Crippen molar-refractivity contribution in [1.29, 1.82) is 0 Å². The molecule has 0 aliphatic rings. The summed E-state index contributed by atoms with van der Waals surface area (Å²) in [5.41, 5.74) is 2.28. The van der Waals surface area contributed by atoms with E-state index in [9.17, 15) is 4.79 Å². The lowest BCUT2D eigenvalue weighted by Crippen LogP contribution is -2.20. The Morgan fingerprint density at radius 1 is 1.23 bits per heavy atom. The summed E-state index contributed by atoms with van der Waals surface area (Å²) in [7, 11) is 0. The van der Waals surface area contributed by atoms with Crippen LogP contribution in [-0.4, -0.2) is 29.0 Å². The molecule has 0 bridgehead atoms. The third kappa shape index (κ3) is 1.82. The van der Waals surface area contributed by atoms with Gasteiger partial charge in [-0.25, -0.2) is 9.97 Å². The first kappa shape index (κ1) is 12.8. The number of aromatic nitrogens is 6. The number of hydrogen-bond acceptors (Lipinski definition) is 4. The normalized spacial score (nSPS) is 11.8. The highest BCUT2D eigenvalue weighted by molar-refractivity contribution is 5.59. The Labute approximate surface area is 125 Å². The summed E-state index contributed by atoms with van der Waals surface area (Å²) < 4.78 is 3.29. The van der Waals surface area contributed by atoms with Crippen LogP contribution in [0.2, 0.25) is 0 Å². The van der Waals surface area contributed by atoms with E-state index in [-0.39, 0.29) is 11.5 Å². The number of nitrogens with zero attached hydrogens (tertiary/aromatic N) is 5. The van der Waals surface area contributed by atoms with E-state index in [0.29, 0.717) is 17.2 Å². The Morgan fingerprint density at radius 3 is 2.91 bits per heavy atom. The van der Waals surface area contributed by atoms with E-state index in [1.54, 1.807) is 12.4 Å². The van der Waals surface area contributed by atoms with Crippen molar-refractivity contribution in [1.82, 2.24) is 29.0 Å². The van der Waals surface area contributed by atoms with Gasteiger partial charge < -0.3 is 4.40 Å². The van der Waals surface area contributed by atoms with Crippen LogP contribution in [0.5, 0.6) is 0 Å². The van der Waals surface area contributed by atoms with Gasteiger partial charge in [0.25, 0.3) is 11.3 Å². The van der Waals surface area contributed by atoms with Crippen molar-refractivity contribution >= 4 is 11.4 Å². The maximum absolute atomic E-state index is 12.4. The SMILES string of the molecule is CC(C)c1cnc2nc(-c3ccc4nccn4c3)[nH]n2c1=O. The van der Waals surface area contributed by atoms with Gasteiger partial charge in [0.2, 0.25) is 0 Å². The summed E-state index contributed by atoms with van der Waals surface area (Å²) in [5.74, 6) is 1.09. The first-order valence-electron chi connectivity index (χ1n) is 7.04. The van der Waals surface area contributed by atoms with Crippen LogP contribution in [0.1, 0.15) is 25.3 Å². The van der Waals surface area contributed by atoms with Crippen LogP contribution in [0.4, 0.5) is 0 Å². The topological polar surface area (TPSA) is 80.3 Å². The zero-order chi connectivity index (χ0) is 15.3. The predicted molar refractivity (Wildman–Crippen MR) is 81.9 cm³/mol. The van der Waals surface area contributed by atoms with Crippen molar-refractivity contribution < 1.29 is 0 Å². The van der Waals surface area contributed by atoms with E-state index >= 15 is 0 Å². The molecule has 110 valence electrons. The molecule has 0 unspecified atom stereocenters. The Balaban J connectivity index is 1.92. The van der Waals surface area contributed by atoms with Crippen LogP contribution in [0.25, 0.3) is 22.8 Å². The Hall–Kier alpha value is -2.96. The monoisotopic (exact) mass is 294 g/mol. The molecule has 0 radical (unpaired) electrons. The fraction of sp³-hybridized carbons (Fsp3) is 0.200. The molecule has 0 fully saturated rings. The molecule has 0 saturated carbocycles. The lowest BCUT2D eigenvalue weighted by atomic mass is 10.1. The van der Waals surface area contributed by atoms with Crippen LogP contribution in [0.3, 0.4) is 0 Å². The quantitative estimate of drug-likeness (QED) is 0.612. The van der Waals surface area contributed by atoms with Gasteiger partial charge in [-0.3, -0.25) is 9.89 Å². The summed E-state index contributed by atoms with van der Waals surface area (Å²) in [5, 5.41) is 3.03. The Morgan fingerprint density at radius 2 is 2.09 bits per heavy atom. The highest BCUT2D eigenvalue weighted by Crippen LogP contribution is 2.16. The first-order valence-corrected chi connectivity index (χ1v) is 7.04. The standard InChI is InChI=1S/C15H14N6O/c1-9(2)11-7-17-15-18-13(19-21(15)14(11)22)10-3-4-12-16-5-6-20(12)8-10/h3-9H,1-2H3,(H,17,18,19). The van der Waals surface area contributed by atoms with Gasteiger partial charge >= 0.3 is 0 Å². The molecule has 0 spiro atoms. The van der Waals surface area contributed by atoms with E-state index < -0.39 is 0 Å². The lowest BCUT2D eigenvalue weighted by Gasteiger charge is -2.02. The van der Waals surface area contributed by atoms with Crippen molar-refractivity contribution in [3.8, 4) is 11.4 Å². The van der Waals surface area contributed by atoms with Gasteiger partial charge in [-0.1, -0.05) is 13.8 Å². The number of imidazole rings is 1. The van der Waals surface area contributed by atoms with Gasteiger partial charge in [-0.15, -0.1) is 0 Å². The molecular weight excluding hydrogens is 280 g/mol. The van der Waals surface area contributed by atoms with Crippen molar-refractivity contribution in [3.63, 3.8) is 0 Å². The fourth-order valence-corrected chi connectivity index (χ4v) is 2.46. The molecule has 4 heterocycles. The molecule has 4 aromatic heterocycles. The third-order valence-corrected chi connectivity index (χ3v) is 3.68. The number of nitrogens with one attached hydrogen (secondary N) is 1. The lowest BCUT2D eigenvalue weighted by molar-refractivity contribution is 0.794. The molecule has 0 saturated heterocycles. The molecule has 4 aromatic rings. The van der Waals surface area contributed by atoms with Crippen molar-refractivity contribution in [2.45, 2.75) is 19.8 Å². The molecule has 0 atom stereocenters. The van der Waals surface area contributed by atoms with Gasteiger partial charge in [0, 0.05) is 35.9 Å². The largest absolute Gasteiger partial charge is 0.306 e. The van der Waals surface area contributed by atoms with Gasteiger partial charge in [0.1, 0.15) is 5.65 Å². The van der Waals surface area contributed by atoms with Crippen LogP contribution < -0.4 is 5.56 Å². The molecule has 0 aromatic carbocycles. The minimum atomic E-state index is -0.109. The number of hydrogen-bond donors (Lipinski definition) is 1. The van der Waals surface area contributed by atoms with E-state index in [1.165, 1.54) is 4.52 Å². The van der Waals surface area contributed by atoms with E-state index in [2.05, 4.69) is 20.1 Å². The van der Waals surface area contributed by atoms with Gasteiger partial charge in [0.05, 0.1) is 0 Å². The molecule has 7 heteroatoms. The maximum atomic E-state index is 12.4.